The molecule has 33 heavy (non-hydrogen) atoms. The van der Waals surface area contributed by atoms with E-state index in [4.69, 9.17) is 4.98 Å². The van der Waals surface area contributed by atoms with E-state index >= 15 is 0 Å². The minimum atomic E-state index is -4.55. The van der Waals surface area contributed by atoms with Crippen molar-refractivity contribution in [3.05, 3.63) is 54.5 Å². The van der Waals surface area contributed by atoms with Gasteiger partial charge < -0.3 is 9.88 Å². The van der Waals surface area contributed by atoms with Crippen LogP contribution in [0.2, 0.25) is 0 Å². The van der Waals surface area contributed by atoms with E-state index in [0.717, 1.165) is 47.3 Å². The van der Waals surface area contributed by atoms with Gasteiger partial charge >= 0.3 is 6.18 Å². The van der Waals surface area contributed by atoms with Gasteiger partial charge in [0.05, 0.1) is 22.7 Å². The van der Waals surface area contributed by atoms with Gasteiger partial charge in [0, 0.05) is 47.3 Å². The summed E-state index contributed by atoms with van der Waals surface area (Å²) in [6.45, 7) is 1.31. The molecule has 9 heteroatoms. The lowest BCUT2D eigenvalue weighted by atomic mass is 10.1. The molecule has 5 aromatic rings. The van der Waals surface area contributed by atoms with E-state index in [0.29, 0.717) is 30.4 Å². The maximum Gasteiger partial charge on any atom is 0.418 e. The highest BCUT2D eigenvalue weighted by Gasteiger charge is 2.36. The zero-order valence-corrected chi connectivity index (χ0v) is 17.5. The first-order valence-corrected chi connectivity index (χ1v) is 10.8. The fourth-order valence-corrected chi connectivity index (χ4v) is 4.69. The summed E-state index contributed by atoms with van der Waals surface area (Å²) in [6.07, 6.45) is 2.24. The van der Waals surface area contributed by atoms with Crippen molar-refractivity contribution < 1.29 is 13.2 Å². The highest BCUT2D eigenvalue weighted by atomic mass is 19.4. The summed E-state index contributed by atoms with van der Waals surface area (Å²) in [4.78, 5) is 22.9. The van der Waals surface area contributed by atoms with Gasteiger partial charge in [0.15, 0.2) is 5.82 Å². The number of fused-ring (bicyclic) bond motifs is 4. The summed E-state index contributed by atoms with van der Waals surface area (Å²) in [6, 6.07) is 9.62. The number of halogens is 3. The third-order valence-electron chi connectivity index (χ3n) is 6.19. The highest BCUT2D eigenvalue weighted by molar-refractivity contribution is 6.12. The van der Waals surface area contributed by atoms with Gasteiger partial charge in [-0.1, -0.05) is 18.2 Å². The van der Waals surface area contributed by atoms with Crippen molar-refractivity contribution in [2.24, 2.45) is 0 Å². The molecule has 1 fully saturated rings. The molecule has 1 aliphatic heterocycles. The second-order valence-electron chi connectivity index (χ2n) is 8.25. The third kappa shape index (κ3) is 3.26. The van der Waals surface area contributed by atoms with E-state index in [2.05, 4.69) is 19.9 Å². The van der Waals surface area contributed by atoms with Gasteiger partial charge in [-0.25, -0.2) is 15.0 Å². The molecular formula is C24H19F3N6. The molecular weight excluding hydrogens is 429 g/mol. The molecule has 0 spiro atoms. The molecule has 0 amide bonds. The van der Waals surface area contributed by atoms with Crippen LogP contribution in [0.1, 0.15) is 24.8 Å². The maximum absolute atomic E-state index is 13.9. The van der Waals surface area contributed by atoms with Crippen LogP contribution in [0, 0.1) is 0 Å². The molecule has 1 aromatic carbocycles. The van der Waals surface area contributed by atoms with Crippen molar-refractivity contribution in [2.75, 3.05) is 18.0 Å². The second kappa shape index (κ2) is 7.40. The van der Waals surface area contributed by atoms with Crippen LogP contribution in [0.5, 0.6) is 0 Å². The van der Waals surface area contributed by atoms with E-state index in [9.17, 15) is 13.2 Å². The number of aromatic amines is 1. The lowest BCUT2D eigenvalue weighted by molar-refractivity contribution is -0.136. The number of anilines is 1. The maximum atomic E-state index is 13.9. The molecule has 5 heterocycles. The van der Waals surface area contributed by atoms with Crippen molar-refractivity contribution in [3.8, 4) is 11.4 Å². The Hall–Kier alpha value is -3.75. The van der Waals surface area contributed by atoms with Crippen LogP contribution in [-0.4, -0.2) is 38.0 Å². The first-order valence-electron chi connectivity index (χ1n) is 10.8. The Balaban J connectivity index is 1.67. The minimum Gasteiger partial charge on any atom is -0.356 e. The van der Waals surface area contributed by atoms with Crippen LogP contribution in [0.3, 0.4) is 0 Å². The van der Waals surface area contributed by atoms with Crippen molar-refractivity contribution in [1.29, 1.82) is 0 Å². The van der Waals surface area contributed by atoms with Gasteiger partial charge in [-0.15, -0.1) is 0 Å². The number of nitrogens with zero attached hydrogens (tertiary/aromatic N) is 5. The average molecular weight is 448 g/mol. The third-order valence-corrected chi connectivity index (χ3v) is 6.19. The molecule has 4 aromatic heterocycles. The van der Waals surface area contributed by atoms with Crippen LogP contribution in [-0.2, 0) is 6.18 Å². The summed E-state index contributed by atoms with van der Waals surface area (Å²) in [7, 11) is 0. The molecule has 0 atom stereocenters. The normalized spacial score (nSPS) is 15.1. The van der Waals surface area contributed by atoms with Gasteiger partial charge in [-0.2, -0.15) is 13.2 Å². The zero-order chi connectivity index (χ0) is 22.6. The summed E-state index contributed by atoms with van der Waals surface area (Å²) < 4.78 is 41.7. The number of nitrogens with one attached hydrogen (secondary N) is 1. The van der Waals surface area contributed by atoms with Gasteiger partial charge in [0.2, 0.25) is 0 Å². The van der Waals surface area contributed by atoms with Crippen LogP contribution >= 0.6 is 0 Å². The summed E-state index contributed by atoms with van der Waals surface area (Å²) >= 11 is 0. The molecule has 166 valence electrons. The predicted octanol–water partition coefficient (Wildman–Crippen LogP) is 5.73. The quantitative estimate of drug-likeness (QED) is 0.373. The Kier molecular flexibility index (Phi) is 4.46. The number of aromatic nitrogens is 5. The number of hydrogen-bond donors (Lipinski definition) is 1. The number of alkyl halides is 3. The second-order valence-corrected chi connectivity index (χ2v) is 8.25. The minimum absolute atomic E-state index is 0.00683. The van der Waals surface area contributed by atoms with E-state index < -0.39 is 11.7 Å². The number of para-hydroxylation sites is 1. The van der Waals surface area contributed by atoms with E-state index in [-0.39, 0.29) is 10.9 Å². The van der Waals surface area contributed by atoms with Crippen LogP contribution in [0.15, 0.2) is 48.9 Å². The Morgan fingerprint density at radius 3 is 2.55 bits per heavy atom. The first kappa shape index (κ1) is 19.9. The van der Waals surface area contributed by atoms with Crippen LogP contribution < -0.4 is 4.90 Å². The molecule has 0 bridgehead atoms. The first-order chi connectivity index (χ1) is 16.0. The molecule has 0 saturated carbocycles. The SMILES string of the molecule is FC(F)(F)c1cncc2nc(-c3ccnc4[nH]c5ccccc5c34)nc(N3CCCCC3)c12. The van der Waals surface area contributed by atoms with Crippen LogP contribution in [0.4, 0.5) is 19.0 Å². The smallest absolute Gasteiger partial charge is 0.356 e. The van der Waals surface area contributed by atoms with Gasteiger partial charge in [0.25, 0.3) is 0 Å². The lowest BCUT2D eigenvalue weighted by Gasteiger charge is -2.29. The van der Waals surface area contributed by atoms with E-state index in [1.54, 1.807) is 6.20 Å². The summed E-state index contributed by atoms with van der Waals surface area (Å²) in [5.41, 5.74) is 1.69. The Morgan fingerprint density at radius 1 is 0.909 bits per heavy atom. The van der Waals surface area contributed by atoms with Crippen molar-refractivity contribution in [2.45, 2.75) is 25.4 Å². The van der Waals surface area contributed by atoms with E-state index in [1.807, 2.05) is 35.2 Å². The molecule has 0 unspecified atom stereocenters. The Labute approximate surface area is 186 Å². The van der Waals surface area contributed by atoms with Crippen molar-refractivity contribution >= 4 is 38.7 Å². The molecule has 6 rings (SSSR count). The fraction of sp³-hybridized carbons (Fsp3) is 0.250. The van der Waals surface area contributed by atoms with Gasteiger partial charge in [-0.05, 0) is 31.4 Å². The van der Waals surface area contributed by atoms with Gasteiger partial charge in [0.1, 0.15) is 11.5 Å². The number of piperidine rings is 1. The monoisotopic (exact) mass is 448 g/mol. The molecule has 1 aliphatic rings. The number of rotatable bonds is 2. The molecule has 6 nitrogen and oxygen atoms in total. The molecule has 0 aliphatic carbocycles. The summed E-state index contributed by atoms with van der Waals surface area (Å²) in [5, 5.41) is 1.81. The van der Waals surface area contributed by atoms with Crippen molar-refractivity contribution in [3.63, 3.8) is 0 Å². The average Bonchev–Trinajstić information content (AvgIpc) is 3.22. The van der Waals surface area contributed by atoms with Gasteiger partial charge in [-0.3, -0.25) is 4.98 Å². The molecule has 1 N–H and O–H groups in total. The van der Waals surface area contributed by atoms with Crippen LogP contribution in [0.25, 0.3) is 44.2 Å². The van der Waals surface area contributed by atoms with E-state index in [1.165, 1.54) is 6.20 Å². The molecule has 0 radical (unpaired) electrons. The summed E-state index contributed by atoms with van der Waals surface area (Å²) in [5.74, 6) is 0.676. The number of hydrogen-bond acceptors (Lipinski definition) is 5. The lowest BCUT2D eigenvalue weighted by Crippen LogP contribution is -2.31. The topological polar surface area (TPSA) is 70.6 Å². The predicted molar refractivity (Wildman–Crippen MR) is 121 cm³/mol. The standard InChI is InChI=1S/C24H19F3N6/c25-24(26,27)16-12-28-13-18-20(16)23(33-10-4-1-5-11-33)32-21(31-18)15-8-9-29-22-19(15)14-6-2-3-7-17(14)30-22/h2-3,6-9,12-13H,1,4-5,10-11H2,(H,29,30). The number of benzene rings is 1. The zero-order valence-electron chi connectivity index (χ0n) is 17.5. The fourth-order valence-electron chi connectivity index (χ4n) is 4.69. The largest absolute Gasteiger partial charge is 0.418 e. The Morgan fingerprint density at radius 2 is 1.73 bits per heavy atom. The Bertz CT molecular complexity index is 1500. The highest BCUT2D eigenvalue weighted by Crippen LogP contribution is 2.40. The molecule has 1 saturated heterocycles. The number of H-pyrrole nitrogens is 1. The number of pyridine rings is 2. The van der Waals surface area contributed by atoms with Crippen molar-refractivity contribution in [1.82, 2.24) is 24.9 Å².